The molecule has 0 bridgehead atoms. The van der Waals surface area contributed by atoms with E-state index < -0.39 is 5.97 Å². The highest BCUT2D eigenvalue weighted by atomic mass is 16.4. The van der Waals surface area contributed by atoms with Crippen LogP contribution in [0.15, 0.2) is 24.3 Å². The number of nitrogens with zero attached hydrogens (tertiary/aromatic N) is 2. The van der Waals surface area contributed by atoms with Crippen LogP contribution in [0.2, 0.25) is 0 Å². The first-order chi connectivity index (χ1) is 10.1. The summed E-state index contributed by atoms with van der Waals surface area (Å²) in [6.45, 7) is 2.58. The molecule has 0 atom stereocenters. The number of hydrogen-bond donors (Lipinski definition) is 1. The van der Waals surface area contributed by atoms with Gasteiger partial charge in [0.15, 0.2) is 0 Å². The number of carbonyl (C=O) groups excluding carboxylic acids is 1. The molecule has 0 aromatic heterocycles. The number of benzene rings is 1. The Labute approximate surface area is 124 Å². The molecule has 21 heavy (non-hydrogen) atoms. The van der Waals surface area contributed by atoms with Crippen molar-refractivity contribution in [3.05, 3.63) is 35.4 Å². The first-order valence-electron chi connectivity index (χ1n) is 7.46. The fourth-order valence-electron chi connectivity index (χ4n) is 3.17. The quantitative estimate of drug-likeness (QED) is 0.905. The molecule has 5 heteroatoms. The van der Waals surface area contributed by atoms with Gasteiger partial charge in [0.2, 0.25) is 0 Å². The lowest BCUT2D eigenvalue weighted by Gasteiger charge is -2.41. The summed E-state index contributed by atoms with van der Waals surface area (Å²) >= 11 is 0. The van der Waals surface area contributed by atoms with Gasteiger partial charge < -0.3 is 14.9 Å². The molecular formula is C16H20N2O3. The molecule has 0 aliphatic carbocycles. The van der Waals surface area contributed by atoms with Gasteiger partial charge in [-0.25, -0.2) is 4.79 Å². The zero-order chi connectivity index (χ0) is 14.8. The molecular weight excluding hydrogens is 268 g/mol. The van der Waals surface area contributed by atoms with Gasteiger partial charge in [0, 0.05) is 32.1 Å². The molecule has 1 aromatic carbocycles. The van der Waals surface area contributed by atoms with Gasteiger partial charge in [-0.3, -0.25) is 4.79 Å². The van der Waals surface area contributed by atoms with E-state index in [-0.39, 0.29) is 18.4 Å². The average molecular weight is 288 g/mol. The Kier molecular flexibility index (Phi) is 3.82. The van der Waals surface area contributed by atoms with E-state index in [9.17, 15) is 9.59 Å². The van der Waals surface area contributed by atoms with Crippen LogP contribution >= 0.6 is 0 Å². The topological polar surface area (TPSA) is 60.9 Å². The predicted molar refractivity (Wildman–Crippen MR) is 77.9 cm³/mol. The molecule has 0 spiro atoms. The van der Waals surface area contributed by atoms with Crippen LogP contribution in [0.4, 0.5) is 4.79 Å². The van der Waals surface area contributed by atoms with Crippen molar-refractivity contribution in [1.29, 1.82) is 0 Å². The number of urea groups is 1. The molecule has 3 rings (SSSR count). The minimum absolute atomic E-state index is 0.0494. The van der Waals surface area contributed by atoms with Gasteiger partial charge in [-0.05, 0) is 24.0 Å². The van der Waals surface area contributed by atoms with Crippen molar-refractivity contribution in [2.75, 3.05) is 19.6 Å². The molecule has 2 aliphatic heterocycles. The summed E-state index contributed by atoms with van der Waals surface area (Å²) in [5, 5.41) is 8.76. The van der Waals surface area contributed by atoms with E-state index in [4.69, 9.17) is 5.11 Å². The van der Waals surface area contributed by atoms with Crippen LogP contribution in [-0.2, 0) is 17.8 Å². The maximum Gasteiger partial charge on any atom is 0.320 e. The predicted octanol–water partition coefficient (Wildman–Crippen LogP) is 1.96. The maximum absolute atomic E-state index is 12.5. The second kappa shape index (κ2) is 5.76. The SMILES string of the molecule is O=C(O)CC1CN(C(=O)N2CCCc3ccccc3C2)C1. The van der Waals surface area contributed by atoms with Crippen molar-refractivity contribution in [1.82, 2.24) is 9.80 Å². The molecule has 1 fully saturated rings. The number of carbonyl (C=O) groups is 2. The molecule has 0 radical (unpaired) electrons. The molecule has 0 unspecified atom stereocenters. The lowest BCUT2D eigenvalue weighted by molar-refractivity contribution is -0.139. The van der Waals surface area contributed by atoms with E-state index in [1.165, 1.54) is 11.1 Å². The van der Waals surface area contributed by atoms with Gasteiger partial charge >= 0.3 is 12.0 Å². The van der Waals surface area contributed by atoms with Crippen LogP contribution in [0.5, 0.6) is 0 Å². The average Bonchev–Trinajstić information content (AvgIpc) is 2.63. The number of amides is 2. The van der Waals surface area contributed by atoms with Crippen LogP contribution in [0.25, 0.3) is 0 Å². The fourth-order valence-corrected chi connectivity index (χ4v) is 3.17. The standard InChI is InChI=1S/C16H20N2O3/c19-15(20)8-12-9-18(10-12)16(21)17-7-3-6-13-4-1-2-5-14(13)11-17/h1-2,4-5,12H,3,6-11H2,(H,19,20). The zero-order valence-corrected chi connectivity index (χ0v) is 12.0. The highest BCUT2D eigenvalue weighted by Crippen LogP contribution is 2.24. The van der Waals surface area contributed by atoms with Crippen molar-refractivity contribution in [2.24, 2.45) is 5.92 Å². The fraction of sp³-hybridized carbons (Fsp3) is 0.500. The summed E-state index contributed by atoms with van der Waals surface area (Å²) in [6, 6.07) is 8.33. The summed E-state index contributed by atoms with van der Waals surface area (Å²) < 4.78 is 0. The summed E-state index contributed by atoms with van der Waals surface area (Å²) in [6.07, 6.45) is 2.16. The number of carboxylic acids is 1. The van der Waals surface area contributed by atoms with E-state index in [1.54, 1.807) is 4.90 Å². The Morgan fingerprint density at radius 3 is 2.57 bits per heavy atom. The minimum Gasteiger partial charge on any atom is -0.481 e. The largest absolute Gasteiger partial charge is 0.481 e. The third kappa shape index (κ3) is 3.01. The van der Waals surface area contributed by atoms with Gasteiger partial charge in [-0.15, -0.1) is 0 Å². The van der Waals surface area contributed by atoms with Crippen molar-refractivity contribution >= 4 is 12.0 Å². The number of likely N-dealkylation sites (tertiary alicyclic amines) is 1. The third-order valence-electron chi connectivity index (χ3n) is 4.32. The molecule has 1 aromatic rings. The third-order valence-corrected chi connectivity index (χ3v) is 4.32. The van der Waals surface area contributed by atoms with E-state index in [0.29, 0.717) is 19.6 Å². The molecule has 5 nitrogen and oxygen atoms in total. The molecule has 0 saturated carbocycles. The Hall–Kier alpha value is -2.04. The van der Waals surface area contributed by atoms with Gasteiger partial charge in [-0.1, -0.05) is 24.3 Å². The lowest BCUT2D eigenvalue weighted by atomic mass is 9.97. The Bertz CT molecular complexity index is 552. The van der Waals surface area contributed by atoms with Crippen LogP contribution < -0.4 is 0 Å². The first kappa shape index (κ1) is 13.9. The van der Waals surface area contributed by atoms with E-state index in [1.807, 2.05) is 17.0 Å². The van der Waals surface area contributed by atoms with Crippen molar-refractivity contribution in [2.45, 2.75) is 25.8 Å². The van der Waals surface area contributed by atoms with Crippen LogP contribution in [0.1, 0.15) is 24.0 Å². The van der Waals surface area contributed by atoms with Gasteiger partial charge in [-0.2, -0.15) is 0 Å². The molecule has 2 heterocycles. The normalized spacial score (nSPS) is 18.7. The molecule has 2 aliphatic rings. The first-order valence-corrected chi connectivity index (χ1v) is 7.46. The van der Waals surface area contributed by atoms with E-state index >= 15 is 0 Å². The van der Waals surface area contributed by atoms with Crippen LogP contribution in [0.3, 0.4) is 0 Å². The summed E-state index contributed by atoms with van der Waals surface area (Å²) in [7, 11) is 0. The second-order valence-corrected chi connectivity index (χ2v) is 5.95. The Morgan fingerprint density at radius 2 is 1.86 bits per heavy atom. The van der Waals surface area contributed by atoms with E-state index in [0.717, 1.165) is 19.4 Å². The summed E-state index contributed by atoms with van der Waals surface area (Å²) in [4.78, 5) is 26.8. The van der Waals surface area contributed by atoms with Gasteiger partial charge in [0.1, 0.15) is 0 Å². The number of hydrogen-bond acceptors (Lipinski definition) is 2. The molecule has 112 valence electrons. The van der Waals surface area contributed by atoms with E-state index in [2.05, 4.69) is 12.1 Å². The monoisotopic (exact) mass is 288 g/mol. The highest BCUT2D eigenvalue weighted by Gasteiger charge is 2.34. The number of rotatable bonds is 2. The smallest absolute Gasteiger partial charge is 0.320 e. The molecule has 1 N–H and O–H groups in total. The maximum atomic E-state index is 12.5. The van der Waals surface area contributed by atoms with Crippen LogP contribution in [0, 0.1) is 5.92 Å². The van der Waals surface area contributed by atoms with Crippen molar-refractivity contribution < 1.29 is 14.7 Å². The molecule has 1 saturated heterocycles. The Balaban J connectivity index is 1.60. The van der Waals surface area contributed by atoms with Gasteiger partial charge in [0.25, 0.3) is 0 Å². The number of carboxylic acid groups (broad SMARTS) is 1. The summed E-state index contributed by atoms with van der Waals surface area (Å²) in [5.74, 6) is -0.665. The van der Waals surface area contributed by atoms with Crippen molar-refractivity contribution in [3.8, 4) is 0 Å². The molecule has 2 amide bonds. The lowest BCUT2D eigenvalue weighted by Crippen LogP contribution is -2.55. The number of aryl methyl sites for hydroxylation is 1. The Morgan fingerprint density at radius 1 is 1.14 bits per heavy atom. The summed E-state index contributed by atoms with van der Waals surface area (Å²) in [5.41, 5.74) is 2.56. The minimum atomic E-state index is -0.782. The highest BCUT2D eigenvalue weighted by molar-refractivity contribution is 5.76. The van der Waals surface area contributed by atoms with Crippen LogP contribution in [-0.4, -0.2) is 46.5 Å². The number of fused-ring (bicyclic) bond motifs is 1. The number of aliphatic carboxylic acids is 1. The van der Waals surface area contributed by atoms with Gasteiger partial charge in [0.05, 0.1) is 6.42 Å². The second-order valence-electron chi connectivity index (χ2n) is 5.95. The zero-order valence-electron chi connectivity index (χ0n) is 12.0. The van der Waals surface area contributed by atoms with Crippen molar-refractivity contribution in [3.63, 3.8) is 0 Å².